The van der Waals surface area contributed by atoms with Gasteiger partial charge in [-0.05, 0) is 39.4 Å². The minimum Gasteiger partial charge on any atom is -0.314 e. The summed E-state index contributed by atoms with van der Waals surface area (Å²) in [7, 11) is 4.40. The molecule has 1 heterocycles. The summed E-state index contributed by atoms with van der Waals surface area (Å²) in [6.07, 6.45) is 2.79. The molecule has 0 aromatic heterocycles. The van der Waals surface area contributed by atoms with Crippen LogP contribution in [0.4, 0.5) is 0 Å². The molecule has 2 fully saturated rings. The zero-order chi connectivity index (χ0) is 7.14. The largest absolute Gasteiger partial charge is 0.314 e. The van der Waals surface area contributed by atoms with E-state index in [9.17, 15) is 0 Å². The number of nitrogens with zero attached hydrogens (tertiary/aromatic N) is 1. The van der Waals surface area contributed by atoms with Crippen molar-refractivity contribution in [3.63, 3.8) is 0 Å². The Labute approximate surface area is 62.6 Å². The Morgan fingerprint density at radius 2 is 2.10 bits per heavy atom. The van der Waals surface area contributed by atoms with Crippen molar-refractivity contribution in [2.45, 2.75) is 24.9 Å². The highest BCUT2D eigenvalue weighted by Crippen LogP contribution is 2.33. The number of piperidine rings is 1. The van der Waals surface area contributed by atoms with Crippen LogP contribution in [0, 0.1) is 5.92 Å². The van der Waals surface area contributed by atoms with Crippen LogP contribution in [0.3, 0.4) is 0 Å². The molecule has 2 rings (SSSR count). The van der Waals surface area contributed by atoms with Gasteiger partial charge in [-0.1, -0.05) is 0 Å². The Bertz CT molecular complexity index is 133. The molecule has 1 aliphatic heterocycles. The monoisotopic (exact) mass is 140 g/mol. The quantitative estimate of drug-likeness (QED) is 0.563. The molecule has 2 aliphatic rings. The topological polar surface area (TPSA) is 15.3 Å². The van der Waals surface area contributed by atoms with Crippen molar-refractivity contribution in [1.82, 2.24) is 10.2 Å². The minimum atomic E-state index is 0.845. The van der Waals surface area contributed by atoms with Crippen LogP contribution >= 0.6 is 0 Å². The van der Waals surface area contributed by atoms with E-state index in [1.807, 2.05) is 0 Å². The molecule has 3 atom stereocenters. The number of nitrogens with one attached hydrogen (secondary N) is 1. The number of rotatable bonds is 1. The van der Waals surface area contributed by atoms with E-state index < -0.39 is 0 Å². The lowest BCUT2D eigenvalue weighted by Crippen LogP contribution is -2.40. The molecule has 2 heteroatoms. The van der Waals surface area contributed by atoms with E-state index in [0.29, 0.717) is 0 Å². The van der Waals surface area contributed by atoms with Gasteiger partial charge in [-0.15, -0.1) is 0 Å². The smallest absolute Gasteiger partial charge is 0.0145 e. The third kappa shape index (κ3) is 0.867. The molecule has 2 bridgehead atoms. The van der Waals surface area contributed by atoms with Gasteiger partial charge < -0.3 is 10.2 Å². The van der Waals surface area contributed by atoms with Gasteiger partial charge in [0.05, 0.1) is 0 Å². The van der Waals surface area contributed by atoms with Gasteiger partial charge in [0.2, 0.25) is 0 Å². The molecule has 1 saturated heterocycles. The second kappa shape index (κ2) is 2.21. The Kier molecular flexibility index (Phi) is 1.46. The Hall–Kier alpha value is -0.0800. The van der Waals surface area contributed by atoms with Crippen LogP contribution in [-0.2, 0) is 0 Å². The highest BCUT2D eigenvalue weighted by atomic mass is 15.1. The molecule has 58 valence electrons. The summed E-state index contributed by atoms with van der Waals surface area (Å²) in [6.45, 7) is 1.26. The van der Waals surface area contributed by atoms with Crippen molar-refractivity contribution >= 4 is 0 Å². The van der Waals surface area contributed by atoms with Gasteiger partial charge in [0.15, 0.2) is 0 Å². The van der Waals surface area contributed by atoms with Gasteiger partial charge in [-0.3, -0.25) is 0 Å². The van der Waals surface area contributed by atoms with Crippen molar-refractivity contribution in [3.8, 4) is 0 Å². The van der Waals surface area contributed by atoms with E-state index in [1.54, 1.807) is 0 Å². The van der Waals surface area contributed by atoms with Gasteiger partial charge in [-0.2, -0.15) is 0 Å². The second-order valence-corrected chi connectivity index (χ2v) is 3.87. The fraction of sp³-hybridized carbons (Fsp3) is 1.00. The SMILES string of the molecule is CN(C)[C@@H]1C[C@H]2C[C@@H]1CN2. The van der Waals surface area contributed by atoms with Gasteiger partial charge >= 0.3 is 0 Å². The molecule has 1 aliphatic carbocycles. The predicted molar refractivity (Wildman–Crippen MR) is 42.0 cm³/mol. The first-order valence-electron chi connectivity index (χ1n) is 4.17. The van der Waals surface area contributed by atoms with Gasteiger partial charge in [0.1, 0.15) is 0 Å². The van der Waals surface area contributed by atoms with E-state index in [2.05, 4.69) is 24.3 Å². The molecule has 1 saturated carbocycles. The highest BCUT2D eigenvalue weighted by Gasteiger charge is 2.39. The number of hydrogen-bond acceptors (Lipinski definition) is 2. The van der Waals surface area contributed by atoms with Crippen LogP contribution < -0.4 is 5.32 Å². The lowest BCUT2D eigenvalue weighted by Gasteiger charge is -2.28. The molecule has 0 aromatic rings. The fourth-order valence-electron chi connectivity index (χ4n) is 2.44. The van der Waals surface area contributed by atoms with Gasteiger partial charge in [0.25, 0.3) is 0 Å². The molecule has 10 heavy (non-hydrogen) atoms. The highest BCUT2D eigenvalue weighted by molar-refractivity contribution is 4.98. The van der Waals surface area contributed by atoms with E-state index in [4.69, 9.17) is 0 Å². The average Bonchev–Trinajstić information content (AvgIpc) is 2.44. The van der Waals surface area contributed by atoms with Crippen molar-refractivity contribution in [3.05, 3.63) is 0 Å². The zero-order valence-electron chi connectivity index (χ0n) is 6.80. The van der Waals surface area contributed by atoms with E-state index in [-0.39, 0.29) is 0 Å². The Morgan fingerprint density at radius 1 is 1.30 bits per heavy atom. The van der Waals surface area contributed by atoms with E-state index >= 15 is 0 Å². The first-order chi connectivity index (χ1) is 4.77. The Balaban J connectivity index is 2.02. The first kappa shape index (κ1) is 6.62. The average molecular weight is 140 g/mol. The third-order valence-electron chi connectivity index (χ3n) is 2.99. The predicted octanol–water partition coefficient (Wildman–Crippen LogP) is 0.298. The van der Waals surface area contributed by atoms with Gasteiger partial charge in [0, 0.05) is 12.1 Å². The molecule has 0 unspecified atom stereocenters. The van der Waals surface area contributed by atoms with Crippen LogP contribution in [0.25, 0.3) is 0 Å². The van der Waals surface area contributed by atoms with Crippen LogP contribution in [0.1, 0.15) is 12.8 Å². The summed E-state index contributed by atoms with van der Waals surface area (Å²) in [4.78, 5) is 2.38. The summed E-state index contributed by atoms with van der Waals surface area (Å²) in [5, 5.41) is 3.51. The molecule has 0 aromatic carbocycles. The molecular formula is C8H16N2. The van der Waals surface area contributed by atoms with Crippen molar-refractivity contribution < 1.29 is 0 Å². The third-order valence-corrected chi connectivity index (χ3v) is 2.99. The standard InChI is InChI=1S/C8H16N2/c1-10(2)8-4-7-3-6(8)5-9-7/h6-9H,3-5H2,1-2H3/t6-,7-,8-/m1/s1. The number of fused-ring (bicyclic) bond motifs is 2. The van der Waals surface area contributed by atoms with Gasteiger partial charge in [-0.25, -0.2) is 0 Å². The summed E-state index contributed by atoms with van der Waals surface area (Å²) >= 11 is 0. The zero-order valence-corrected chi connectivity index (χ0v) is 6.80. The molecule has 0 radical (unpaired) electrons. The molecule has 2 nitrogen and oxygen atoms in total. The maximum atomic E-state index is 3.51. The van der Waals surface area contributed by atoms with Crippen molar-refractivity contribution in [2.75, 3.05) is 20.6 Å². The number of hydrogen-bond donors (Lipinski definition) is 1. The van der Waals surface area contributed by atoms with E-state index in [1.165, 1.54) is 19.4 Å². The fourth-order valence-corrected chi connectivity index (χ4v) is 2.44. The maximum absolute atomic E-state index is 3.51. The summed E-state index contributed by atoms with van der Waals surface area (Å²) < 4.78 is 0. The molecule has 0 spiro atoms. The normalized spacial score (nSPS) is 45.3. The van der Waals surface area contributed by atoms with Crippen LogP contribution in [-0.4, -0.2) is 37.6 Å². The lowest BCUT2D eigenvalue weighted by molar-refractivity contribution is 0.220. The molecular weight excluding hydrogens is 124 g/mol. The second-order valence-electron chi connectivity index (χ2n) is 3.87. The Morgan fingerprint density at radius 3 is 2.40 bits per heavy atom. The van der Waals surface area contributed by atoms with Crippen molar-refractivity contribution in [2.24, 2.45) is 5.92 Å². The summed E-state index contributed by atoms with van der Waals surface area (Å²) in [5.41, 5.74) is 0. The summed E-state index contributed by atoms with van der Waals surface area (Å²) in [6, 6.07) is 1.71. The van der Waals surface area contributed by atoms with Crippen LogP contribution in [0.15, 0.2) is 0 Å². The lowest BCUT2D eigenvalue weighted by atomic mass is 10.0. The van der Waals surface area contributed by atoms with E-state index in [0.717, 1.165) is 18.0 Å². The first-order valence-corrected chi connectivity index (χ1v) is 4.17. The van der Waals surface area contributed by atoms with Crippen LogP contribution in [0.5, 0.6) is 0 Å². The molecule has 0 amide bonds. The molecule has 1 N–H and O–H groups in total. The van der Waals surface area contributed by atoms with Crippen LogP contribution in [0.2, 0.25) is 0 Å². The summed E-state index contributed by atoms with van der Waals surface area (Å²) in [5.74, 6) is 0.944. The van der Waals surface area contributed by atoms with Crippen molar-refractivity contribution in [1.29, 1.82) is 0 Å². The maximum Gasteiger partial charge on any atom is 0.0145 e. The minimum absolute atomic E-state index is 0.845.